The van der Waals surface area contributed by atoms with Crippen LogP contribution in [0.15, 0.2) is 52.3 Å². The smallest absolute Gasteiger partial charge is 0.342 e. The molecule has 0 spiro atoms. The zero-order valence-corrected chi connectivity index (χ0v) is 21.6. The summed E-state index contributed by atoms with van der Waals surface area (Å²) in [6.07, 6.45) is -3.44. The van der Waals surface area contributed by atoms with Crippen LogP contribution in [0.1, 0.15) is 37.8 Å². The fourth-order valence-electron chi connectivity index (χ4n) is 4.48. The topological polar surface area (TPSA) is 88.6 Å². The van der Waals surface area contributed by atoms with E-state index in [1.165, 1.54) is 24.8 Å². The largest absolute Gasteiger partial charge is 0.416 e. The van der Waals surface area contributed by atoms with Gasteiger partial charge in [0.25, 0.3) is 0 Å². The number of alkyl halides is 3. The molecule has 198 valence electrons. The minimum absolute atomic E-state index is 0.165. The summed E-state index contributed by atoms with van der Waals surface area (Å²) in [5.74, 6) is -1.56. The second kappa shape index (κ2) is 9.77. The summed E-state index contributed by atoms with van der Waals surface area (Å²) < 4.78 is 102. The third-order valence-electron chi connectivity index (χ3n) is 6.77. The third-order valence-corrected chi connectivity index (χ3v) is 10.5. The molecule has 0 unspecified atom stereocenters. The van der Waals surface area contributed by atoms with Gasteiger partial charge in [-0.1, -0.05) is 12.1 Å². The van der Waals surface area contributed by atoms with Gasteiger partial charge in [-0.2, -0.15) is 13.2 Å². The predicted molar refractivity (Wildman–Crippen MR) is 125 cm³/mol. The molecule has 2 aromatic carbocycles. The molecule has 0 radical (unpaired) electrons. The second-order valence-corrected chi connectivity index (χ2v) is 14.0. The highest BCUT2D eigenvalue weighted by Crippen LogP contribution is 2.39. The molecule has 0 saturated carbocycles. The van der Waals surface area contributed by atoms with E-state index in [-0.39, 0.29) is 35.9 Å². The van der Waals surface area contributed by atoms with E-state index in [1.807, 2.05) is 0 Å². The maximum absolute atomic E-state index is 13.6. The summed E-state index contributed by atoms with van der Waals surface area (Å²) in [7, 11) is -7.90. The molecule has 0 atom stereocenters. The Morgan fingerprint density at radius 1 is 1.00 bits per heavy atom. The van der Waals surface area contributed by atoms with Gasteiger partial charge in [0, 0.05) is 19.3 Å². The Hall–Kier alpha value is -2.47. The zero-order chi connectivity index (χ0) is 27.1. The molecule has 1 aliphatic rings. The summed E-state index contributed by atoms with van der Waals surface area (Å²) in [5.41, 5.74) is -0.882. The van der Waals surface area contributed by atoms with Crippen LogP contribution in [-0.2, 0) is 37.1 Å². The first-order valence-electron chi connectivity index (χ1n) is 11.1. The van der Waals surface area contributed by atoms with Crippen molar-refractivity contribution in [3.05, 3.63) is 59.4 Å². The van der Waals surface area contributed by atoms with E-state index >= 15 is 0 Å². The number of rotatable bonds is 6. The van der Waals surface area contributed by atoms with Crippen molar-refractivity contribution in [1.82, 2.24) is 4.90 Å². The Labute approximate surface area is 208 Å². The fraction of sp³-hybridized carbons (Fsp3) is 0.458. The molecule has 1 heterocycles. The van der Waals surface area contributed by atoms with E-state index in [9.17, 15) is 39.2 Å². The predicted octanol–water partition coefficient (Wildman–Crippen LogP) is 4.28. The molecule has 2 aromatic rings. The summed E-state index contributed by atoms with van der Waals surface area (Å²) in [5, 5.41) is 0. The van der Waals surface area contributed by atoms with Crippen LogP contribution in [0.25, 0.3) is 0 Å². The number of halogens is 4. The minimum atomic E-state index is -4.68. The Kier molecular flexibility index (Phi) is 7.63. The molecular formula is C24H27F4NO5S2. The summed E-state index contributed by atoms with van der Waals surface area (Å²) in [4.78, 5) is 13.7. The Bertz CT molecular complexity index is 1360. The molecule has 1 aliphatic heterocycles. The van der Waals surface area contributed by atoms with Crippen LogP contribution in [0.2, 0.25) is 0 Å². The van der Waals surface area contributed by atoms with Crippen LogP contribution in [-0.4, -0.2) is 51.7 Å². The number of likely N-dealkylation sites (tertiary alicyclic amines) is 1. The molecule has 0 bridgehead atoms. The van der Waals surface area contributed by atoms with Crippen molar-refractivity contribution in [3.8, 4) is 0 Å². The maximum atomic E-state index is 13.6. The number of piperidine rings is 1. The number of hydrogen-bond donors (Lipinski definition) is 0. The molecular weight excluding hydrogens is 522 g/mol. The van der Waals surface area contributed by atoms with E-state index in [4.69, 9.17) is 0 Å². The van der Waals surface area contributed by atoms with Crippen molar-refractivity contribution in [1.29, 1.82) is 0 Å². The number of benzene rings is 2. The van der Waals surface area contributed by atoms with Gasteiger partial charge in [-0.15, -0.1) is 0 Å². The lowest BCUT2D eigenvalue weighted by Crippen LogP contribution is -2.48. The van der Waals surface area contributed by atoms with Gasteiger partial charge in [0.1, 0.15) is 5.82 Å². The van der Waals surface area contributed by atoms with Crippen LogP contribution in [0, 0.1) is 11.7 Å². The van der Waals surface area contributed by atoms with Crippen molar-refractivity contribution >= 4 is 25.6 Å². The van der Waals surface area contributed by atoms with Crippen molar-refractivity contribution in [2.45, 2.75) is 53.8 Å². The molecule has 1 fully saturated rings. The van der Waals surface area contributed by atoms with Gasteiger partial charge in [-0.05, 0) is 68.5 Å². The number of hydrogen-bond acceptors (Lipinski definition) is 5. The molecule has 6 nitrogen and oxygen atoms in total. The molecule has 1 saturated heterocycles. The molecule has 12 heteroatoms. The average Bonchev–Trinajstić information content (AvgIpc) is 2.79. The van der Waals surface area contributed by atoms with Crippen LogP contribution in [0.5, 0.6) is 0 Å². The summed E-state index contributed by atoms with van der Waals surface area (Å²) >= 11 is 0. The SMILES string of the molecule is CC(C)(C1CCN(C(=O)Cc2ccc(F)cc2S(C)(=O)=O)CC1)S(=O)(=O)c1cccc(C(F)(F)F)c1. The van der Waals surface area contributed by atoms with Gasteiger partial charge in [0.05, 0.1) is 26.5 Å². The number of nitrogens with zero attached hydrogens (tertiary/aromatic N) is 1. The molecule has 0 N–H and O–H groups in total. The number of amides is 1. The van der Waals surface area contributed by atoms with Crippen molar-refractivity contribution in [3.63, 3.8) is 0 Å². The van der Waals surface area contributed by atoms with Crippen LogP contribution in [0.3, 0.4) is 0 Å². The van der Waals surface area contributed by atoms with Gasteiger partial charge in [0.15, 0.2) is 19.7 Å². The standard InChI is InChI=1S/C24H27F4NO5S2/c1-23(2,36(33,34)20-6-4-5-18(14-20)24(26,27)28)17-9-11-29(12-10-17)22(30)13-16-7-8-19(25)15-21(16)35(3,31)32/h4-8,14-15,17H,9-13H2,1-3H3. The lowest BCUT2D eigenvalue weighted by Gasteiger charge is -2.40. The highest BCUT2D eigenvalue weighted by molar-refractivity contribution is 7.92. The van der Waals surface area contributed by atoms with E-state index in [0.29, 0.717) is 18.9 Å². The summed E-state index contributed by atoms with van der Waals surface area (Å²) in [6.45, 7) is 3.34. The van der Waals surface area contributed by atoms with E-state index < -0.39 is 52.8 Å². The molecule has 0 aromatic heterocycles. The molecule has 0 aliphatic carbocycles. The van der Waals surface area contributed by atoms with Gasteiger partial charge < -0.3 is 4.90 Å². The maximum Gasteiger partial charge on any atom is 0.416 e. The van der Waals surface area contributed by atoms with Crippen molar-refractivity contribution in [2.75, 3.05) is 19.3 Å². The van der Waals surface area contributed by atoms with E-state index in [1.54, 1.807) is 0 Å². The number of carbonyl (C=O) groups is 1. The normalized spacial score (nSPS) is 16.2. The highest BCUT2D eigenvalue weighted by atomic mass is 32.2. The van der Waals surface area contributed by atoms with Gasteiger partial charge in [0.2, 0.25) is 5.91 Å². The number of sulfone groups is 2. The minimum Gasteiger partial charge on any atom is -0.342 e. The zero-order valence-electron chi connectivity index (χ0n) is 20.0. The lowest BCUT2D eigenvalue weighted by molar-refractivity contribution is -0.137. The Morgan fingerprint density at radius 2 is 1.61 bits per heavy atom. The van der Waals surface area contributed by atoms with Crippen LogP contribution in [0.4, 0.5) is 17.6 Å². The van der Waals surface area contributed by atoms with Crippen LogP contribution < -0.4 is 0 Å². The fourth-order valence-corrected chi connectivity index (χ4v) is 7.25. The Morgan fingerprint density at radius 3 is 2.17 bits per heavy atom. The van der Waals surface area contributed by atoms with E-state index in [2.05, 4.69) is 0 Å². The van der Waals surface area contributed by atoms with Gasteiger partial charge in [-0.25, -0.2) is 21.2 Å². The number of carbonyl (C=O) groups excluding carboxylic acids is 1. The van der Waals surface area contributed by atoms with Crippen molar-refractivity contribution in [2.24, 2.45) is 5.92 Å². The second-order valence-electron chi connectivity index (χ2n) is 9.49. The average molecular weight is 550 g/mol. The first-order chi connectivity index (χ1) is 16.4. The summed E-state index contributed by atoms with van der Waals surface area (Å²) in [6, 6.07) is 6.85. The van der Waals surface area contributed by atoms with Crippen LogP contribution >= 0.6 is 0 Å². The monoisotopic (exact) mass is 549 g/mol. The first kappa shape index (κ1) is 28.1. The Balaban J connectivity index is 1.74. The lowest BCUT2D eigenvalue weighted by atomic mass is 9.85. The van der Waals surface area contributed by atoms with Crippen molar-refractivity contribution < 1.29 is 39.2 Å². The highest BCUT2D eigenvalue weighted by Gasteiger charge is 2.45. The molecule has 36 heavy (non-hydrogen) atoms. The third kappa shape index (κ3) is 5.74. The van der Waals surface area contributed by atoms with Gasteiger partial charge in [-0.3, -0.25) is 4.79 Å². The molecule has 1 amide bonds. The quantitative estimate of drug-likeness (QED) is 0.502. The van der Waals surface area contributed by atoms with E-state index in [0.717, 1.165) is 36.6 Å². The first-order valence-corrected chi connectivity index (χ1v) is 14.5. The van der Waals surface area contributed by atoms with Gasteiger partial charge >= 0.3 is 6.18 Å². The molecule has 3 rings (SSSR count).